The molecule has 0 radical (unpaired) electrons. The summed E-state index contributed by atoms with van der Waals surface area (Å²) in [6.45, 7) is 0. The monoisotopic (exact) mass is 527 g/mol. The maximum absolute atomic E-state index is 5.30. The fourth-order valence-electron chi connectivity index (χ4n) is 6.23. The van der Waals surface area contributed by atoms with E-state index in [0.717, 1.165) is 33.2 Å². The van der Waals surface area contributed by atoms with Crippen LogP contribution in [0.1, 0.15) is 0 Å². The maximum Gasteiger partial charge on any atom is 0.235 e. The molecule has 9 aromatic rings. The smallest absolute Gasteiger partial charge is 0.235 e. The van der Waals surface area contributed by atoms with Crippen molar-refractivity contribution in [3.8, 4) is 28.3 Å². The first-order valence-electron chi connectivity index (χ1n) is 13.4. The fraction of sp³-hybridized carbons (Fsp3) is 0. The molecule has 4 heteroatoms. The van der Waals surface area contributed by atoms with Crippen molar-refractivity contribution in [3.63, 3.8) is 0 Å². The van der Waals surface area contributed by atoms with Gasteiger partial charge in [-0.2, -0.15) is 0 Å². The molecule has 0 spiro atoms. The van der Waals surface area contributed by atoms with Gasteiger partial charge in [0, 0.05) is 31.8 Å². The van der Waals surface area contributed by atoms with Crippen molar-refractivity contribution in [1.82, 2.24) is 14.5 Å². The molecule has 186 valence electrons. The summed E-state index contributed by atoms with van der Waals surface area (Å²) < 4.78 is 3.59. The summed E-state index contributed by atoms with van der Waals surface area (Å²) in [5, 5.41) is 9.57. The van der Waals surface area contributed by atoms with Gasteiger partial charge in [-0.15, -0.1) is 11.3 Å². The van der Waals surface area contributed by atoms with E-state index < -0.39 is 0 Å². The van der Waals surface area contributed by atoms with E-state index in [2.05, 4.69) is 125 Å². The number of nitrogens with zero attached hydrogens (tertiary/aromatic N) is 3. The van der Waals surface area contributed by atoms with E-state index >= 15 is 0 Å². The minimum atomic E-state index is 0.695. The molecule has 0 bridgehead atoms. The second kappa shape index (κ2) is 8.22. The van der Waals surface area contributed by atoms with Gasteiger partial charge in [-0.3, -0.25) is 4.57 Å². The van der Waals surface area contributed by atoms with Gasteiger partial charge in [0.05, 0.1) is 22.2 Å². The van der Waals surface area contributed by atoms with Crippen LogP contribution in [0.2, 0.25) is 0 Å². The molecule has 0 saturated carbocycles. The van der Waals surface area contributed by atoms with E-state index in [0.29, 0.717) is 5.95 Å². The van der Waals surface area contributed by atoms with Crippen molar-refractivity contribution in [2.75, 3.05) is 0 Å². The molecule has 6 aromatic carbocycles. The second-order valence-corrected chi connectivity index (χ2v) is 11.2. The molecule has 0 unspecified atom stereocenters. The highest BCUT2D eigenvalue weighted by molar-refractivity contribution is 7.18. The lowest BCUT2D eigenvalue weighted by Gasteiger charge is -2.12. The van der Waals surface area contributed by atoms with Crippen LogP contribution in [0.25, 0.3) is 81.9 Å². The summed E-state index contributed by atoms with van der Waals surface area (Å²) in [6, 6.07) is 43.1. The summed E-state index contributed by atoms with van der Waals surface area (Å²) in [5.74, 6) is 0.695. The first-order chi connectivity index (χ1) is 19.8. The molecule has 40 heavy (non-hydrogen) atoms. The molecule has 9 rings (SSSR count). The summed E-state index contributed by atoms with van der Waals surface area (Å²) >= 11 is 1.81. The molecule has 3 nitrogen and oxygen atoms in total. The van der Waals surface area contributed by atoms with Crippen molar-refractivity contribution in [2.24, 2.45) is 0 Å². The van der Waals surface area contributed by atoms with Crippen LogP contribution in [-0.2, 0) is 0 Å². The number of fused-ring (bicyclic) bond motifs is 3. The Kier molecular flexibility index (Phi) is 4.48. The third-order valence-corrected chi connectivity index (χ3v) is 9.01. The lowest BCUT2D eigenvalue weighted by Crippen LogP contribution is -2.03. The van der Waals surface area contributed by atoms with E-state index in [4.69, 9.17) is 9.97 Å². The molecule has 0 amide bonds. The lowest BCUT2D eigenvalue weighted by atomic mass is 10.0. The molecular formula is C36H21N3S. The van der Waals surface area contributed by atoms with Gasteiger partial charge in [-0.1, -0.05) is 97.1 Å². The van der Waals surface area contributed by atoms with Gasteiger partial charge in [0.15, 0.2) is 0 Å². The van der Waals surface area contributed by atoms with E-state index in [1.165, 1.54) is 42.8 Å². The average Bonchev–Trinajstić information content (AvgIpc) is 3.63. The number of hydrogen-bond donors (Lipinski definition) is 0. The normalized spacial score (nSPS) is 12.0. The average molecular weight is 528 g/mol. The van der Waals surface area contributed by atoms with Crippen molar-refractivity contribution in [2.45, 2.75) is 0 Å². The highest BCUT2D eigenvalue weighted by Gasteiger charge is 2.21. The Labute approximate surface area is 233 Å². The summed E-state index contributed by atoms with van der Waals surface area (Å²) in [7, 11) is 0. The van der Waals surface area contributed by atoms with E-state index in [9.17, 15) is 0 Å². The Morgan fingerprint density at radius 3 is 2.23 bits per heavy atom. The number of para-hydroxylation sites is 1. The van der Waals surface area contributed by atoms with Gasteiger partial charge < -0.3 is 0 Å². The number of rotatable bonds is 3. The van der Waals surface area contributed by atoms with Gasteiger partial charge in [0.2, 0.25) is 5.95 Å². The second-order valence-electron chi connectivity index (χ2n) is 10.3. The van der Waals surface area contributed by atoms with Gasteiger partial charge in [-0.05, 0) is 51.5 Å². The minimum Gasteiger partial charge on any atom is -0.278 e. The number of benzene rings is 6. The lowest BCUT2D eigenvalue weighted by molar-refractivity contribution is 1.01. The molecule has 0 aliphatic heterocycles. The predicted molar refractivity (Wildman–Crippen MR) is 169 cm³/mol. The quantitative estimate of drug-likeness (QED) is 0.214. The van der Waals surface area contributed by atoms with E-state index in [1.807, 2.05) is 6.07 Å². The number of thiophene rings is 1. The predicted octanol–water partition coefficient (Wildman–Crippen LogP) is 9.87. The van der Waals surface area contributed by atoms with Gasteiger partial charge in [0.25, 0.3) is 0 Å². The number of aromatic nitrogens is 3. The Bertz CT molecular complexity index is 2360. The van der Waals surface area contributed by atoms with E-state index in [-0.39, 0.29) is 0 Å². The maximum atomic E-state index is 5.30. The molecule has 0 aliphatic rings. The van der Waals surface area contributed by atoms with Crippen molar-refractivity contribution < 1.29 is 0 Å². The zero-order valence-corrected chi connectivity index (χ0v) is 22.2. The van der Waals surface area contributed by atoms with Gasteiger partial charge >= 0.3 is 0 Å². The van der Waals surface area contributed by atoms with Crippen LogP contribution < -0.4 is 0 Å². The third kappa shape index (κ3) is 3.05. The van der Waals surface area contributed by atoms with Crippen LogP contribution in [-0.4, -0.2) is 14.5 Å². The highest BCUT2D eigenvalue weighted by Crippen LogP contribution is 2.43. The minimum absolute atomic E-state index is 0.695. The van der Waals surface area contributed by atoms with E-state index in [1.54, 1.807) is 11.3 Å². The fourth-order valence-corrected chi connectivity index (χ4v) is 7.14. The molecule has 3 heterocycles. The van der Waals surface area contributed by atoms with Crippen LogP contribution in [0.5, 0.6) is 0 Å². The Hall–Kier alpha value is -5.06. The SMILES string of the molecule is c1ccc(-c2ccc(-c3nc(-n4c5cccc6ccc7c8sccc8cc4c7c65)nc4ccccc34)cc2)cc1. The van der Waals surface area contributed by atoms with Crippen molar-refractivity contribution in [3.05, 3.63) is 127 Å². The largest absolute Gasteiger partial charge is 0.278 e. The van der Waals surface area contributed by atoms with Crippen LogP contribution in [0.3, 0.4) is 0 Å². The molecular weight excluding hydrogens is 506 g/mol. The summed E-state index contributed by atoms with van der Waals surface area (Å²) in [4.78, 5) is 10.4. The summed E-state index contributed by atoms with van der Waals surface area (Å²) in [6.07, 6.45) is 0. The van der Waals surface area contributed by atoms with Crippen LogP contribution in [0.4, 0.5) is 0 Å². The van der Waals surface area contributed by atoms with Gasteiger partial charge in [0.1, 0.15) is 0 Å². The first kappa shape index (κ1) is 21.8. The Morgan fingerprint density at radius 1 is 0.525 bits per heavy atom. The molecule has 0 N–H and O–H groups in total. The molecule has 0 atom stereocenters. The third-order valence-electron chi connectivity index (χ3n) is 8.05. The highest BCUT2D eigenvalue weighted by atomic mass is 32.1. The van der Waals surface area contributed by atoms with Gasteiger partial charge in [-0.25, -0.2) is 9.97 Å². The number of hydrogen-bond acceptors (Lipinski definition) is 3. The standard InChI is InChI=1S/C36H21N3S/c1-2-7-22(8-3-1)23-13-15-25(16-14-23)34-27-10-4-5-11-29(27)37-36(38-34)39-30-12-6-9-24-17-18-28-33(32(24)30)31(39)21-26-19-20-40-35(26)28/h1-21H. The molecule has 3 aromatic heterocycles. The molecule has 0 fully saturated rings. The molecule has 0 aliphatic carbocycles. The summed E-state index contributed by atoms with van der Waals surface area (Å²) in [5.41, 5.74) is 7.63. The molecule has 0 saturated heterocycles. The van der Waals surface area contributed by atoms with Crippen molar-refractivity contribution in [1.29, 1.82) is 0 Å². The van der Waals surface area contributed by atoms with Crippen LogP contribution in [0, 0.1) is 0 Å². The zero-order valence-electron chi connectivity index (χ0n) is 21.4. The van der Waals surface area contributed by atoms with Crippen molar-refractivity contribution >= 4 is 64.9 Å². The zero-order chi connectivity index (χ0) is 26.2. The topological polar surface area (TPSA) is 30.7 Å². The first-order valence-corrected chi connectivity index (χ1v) is 14.3. The van der Waals surface area contributed by atoms with Crippen LogP contribution >= 0.6 is 11.3 Å². The Balaban J connectivity index is 1.34. The van der Waals surface area contributed by atoms with Crippen LogP contribution in [0.15, 0.2) is 127 Å². The Morgan fingerprint density at radius 2 is 1.32 bits per heavy atom.